The first-order valence-corrected chi connectivity index (χ1v) is 16.8. The molecule has 4 fully saturated rings. The Bertz CT molecular complexity index is 1690. The van der Waals surface area contributed by atoms with Crippen LogP contribution in [0.25, 0.3) is 11.4 Å². The normalized spacial score (nSPS) is 25.0. The molecule has 3 aliphatic heterocycles. The summed E-state index contributed by atoms with van der Waals surface area (Å²) in [6, 6.07) is 17.6. The first kappa shape index (κ1) is 32.0. The zero-order chi connectivity index (χ0) is 33.2. The molecule has 4 heterocycles. The van der Waals surface area contributed by atoms with Gasteiger partial charge in [0.25, 0.3) is 0 Å². The Kier molecular flexibility index (Phi) is 9.23. The monoisotopic (exact) mass is 653 g/mol. The van der Waals surface area contributed by atoms with Gasteiger partial charge >= 0.3 is 0 Å². The van der Waals surface area contributed by atoms with E-state index in [1.807, 2.05) is 19.1 Å². The van der Waals surface area contributed by atoms with Crippen LogP contribution in [0.5, 0.6) is 5.75 Å². The minimum absolute atomic E-state index is 0.0855. The van der Waals surface area contributed by atoms with Crippen LogP contribution in [-0.4, -0.2) is 102 Å². The van der Waals surface area contributed by atoms with Gasteiger partial charge < -0.3 is 24.6 Å². The van der Waals surface area contributed by atoms with Crippen molar-refractivity contribution in [2.45, 2.75) is 57.0 Å². The van der Waals surface area contributed by atoms with Crippen molar-refractivity contribution in [1.29, 1.82) is 5.26 Å². The highest BCUT2D eigenvalue weighted by atomic mass is 19.1. The number of halogens is 1. The average molecular weight is 654 g/mol. The summed E-state index contributed by atoms with van der Waals surface area (Å²) < 4.78 is 26.7. The zero-order valence-electron chi connectivity index (χ0n) is 27.1. The summed E-state index contributed by atoms with van der Waals surface area (Å²) in [6.45, 7) is 7.53. The van der Waals surface area contributed by atoms with E-state index in [2.05, 4.69) is 43.3 Å². The maximum atomic E-state index is 15.4. The highest BCUT2D eigenvalue weighted by molar-refractivity contribution is 5.90. The predicted molar refractivity (Wildman–Crippen MR) is 178 cm³/mol. The van der Waals surface area contributed by atoms with E-state index in [-0.39, 0.29) is 54.3 Å². The van der Waals surface area contributed by atoms with Gasteiger partial charge in [-0.05, 0) is 61.9 Å². The second kappa shape index (κ2) is 13.9. The summed E-state index contributed by atoms with van der Waals surface area (Å²) in [5.41, 5.74) is 2.96. The van der Waals surface area contributed by atoms with Gasteiger partial charge in [-0.25, -0.2) is 14.4 Å². The van der Waals surface area contributed by atoms with Crippen LogP contribution in [0.2, 0.25) is 0 Å². The third kappa shape index (κ3) is 6.84. The molecule has 4 aliphatic rings. The van der Waals surface area contributed by atoms with Crippen LogP contribution < -0.4 is 15.0 Å². The smallest absolute Gasteiger partial charge is 0.226 e. The number of carbonyl (C=O) groups is 2. The number of aromatic nitrogens is 2. The minimum Gasteiger partial charge on any atom is -0.486 e. The van der Waals surface area contributed by atoms with Crippen LogP contribution in [0.1, 0.15) is 38.2 Å². The Morgan fingerprint density at radius 3 is 2.58 bits per heavy atom. The number of benzene rings is 2. The van der Waals surface area contributed by atoms with Gasteiger partial charge in [0, 0.05) is 80.5 Å². The van der Waals surface area contributed by atoms with Crippen LogP contribution in [0.4, 0.5) is 21.6 Å². The molecule has 4 atom stereocenters. The molecule has 12 heteroatoms. The van der Waals surface area contributed by atoms with Gasteiger partial charge in [-0.3, -0.25) is 14.5 Å². The average Bonchev–Trinajstić information content (AvgIpc) is 3.52. The summed E-state index contributed by atoms with van der Waals surface area (Å²) in [7, 11) is 0. The van der Waals surface area contributed by atoms with E-state index >= 15 is 4.39 Å². The highest BCUT2D eigenvalue weighted by Crippen LogP contribution is 2.32. The van der Waals surface area contributed by atoms with Crippen molar-refractivity contribution in [2.75, 3.05) is 56.2 Å². The number of piperazine rings is 1. The Hall–Kier alpha value is -4.60. The summed E-state index contributed by atoms with van der Waals surface area (Å²) in [6.07, 6.45) is 0.883. The molecule has 48 heavy (non-hydrogen) atoms. The second-order valence-corrected chi connectivity index (χ2v) is 13.2. The number of nitrogens with zero attached hydrogens (tertiary/aromatic N) is 6. The molecule has 0 bridgehead atoms. The SMILES string of the molecule is C[C@H]1C[C@H](Oc2ccc(-c3nccc(Nc4ccc(N5CCN(C6COC6)CC5)cc4)n3)cc2C#N)[C@H](F)CN1C(=O)[C@H]1CCC(=O)C1. The van der Waals surface area contributed by atoms with Gasteiger partial charge in [-0.1, -0.05) is 0 Å². The second-order valence-electron chi connectivity index (χ2n) is 13.2. The van der Waals surface area contributed by atoms with Crippen molar-refractivity contribution in [3.63, 3.8) is 0 Å². The maximum Gasteiger partial charge on any atom is 0.226 e. The van der Waals surface area contributed by atoms with E-state index in [1.54, 1.807) is 35.4 Å². The van der Waals surface area contributed by atoms with Crippen LogP contribution in [0.15, 0.2) is 54.7 Å². The fourth-order valence-electron chi connectivity index (χ4n) is 7.06. The molecule has 3 aromatic rings. The quantitative estimate of drug-likeness (QED) is 0.375. The van der Waals surface area contributed by atoms with Gasteiger partial charge in [0.05, 0.1) is 31.4 Å². The number of carbonyl (C=O) groups excluding carboxylic acids is 2. The number of Topliss-reactive ketones (excluding diaryl/α,β-unsaturated/α-hetero) is 1. The topological polar surface area (TPSA) is 124 Å². The maximum absolute atomic E-state index is 15.4. The number of ether oxygens (including phenoxy) is 2. The van der Waals surface area contributed by atoms with Crippen molar-refractivity contribution in [2.24, 2.45) is 5.92 Å². The zero-order valence-corrected chi connectivity index (χ0v) is 27.1. The molecule has 1 amide bonds. The molecule has 1 aliphatic carbocycles. The number of rotatable bonds is 8. The molecule has 1 saturated carbocycles. The minimum atomic E-state index is -1.42. The van der Waals surface area contributed by atoms with Crippen molar-refractivity contribution >= 4 is 28.9 Å². The third-order valence-corrected chi connectivity index (χ3v) is 10.0. The number of hydrogen-bond acceptors (Lipinski definition) is 10. The molecular formula is C36H40FN7O4. The van der Waals surface area contributed by atoms with E-state index in [0.29, 0.717) is 36.1 Å². The Balaban J connectivity index is 0.969. The van der Waals surface area contributed by atoms with Crippen molar-refractivity contribution in [3.05, 3.63) is 60.3 Å². The van der Waals surface area contributed by atoms with Crippen molar-refractivity contribution in [3.8, 4) is 23.2 Å². The fraction of sp³-hybridized carbons (Fsp3) is 0.472. The van der Waals surface area contributed by atoms with Gasteiger partial charge in [-0.15, -0.1) is 0 Å². The first-order chi connectivity index (χ1) is 23.3. The summed E-state index contributed by atoms with van der Waals surface area (Å²) in [4.78, 5) is 40.2. The number of amides is 1. The van der Waals surface area contributed by atoms with Gasteiger partial charge in [-0.2, -0.15) is 5.26 Å². The number of nitrogens with one attached hydrogen (secondary N) is 1. The largest absolute Gasteiger partial charge is 0.486 e. The first-order valence-electron chi connectivity index (χ1n) is 16.8. The molecule has 250 valence electrons. The van der Waals surface area contributed by atoms with Crippen LogP contribution in [0.3, 0.4) is 0 Å². The van der Waals surface area contributed by atoms with E-state index in [9.17, 15) is 14.9 Å². The van der Waals surface area contributed by atoms with E-state index < -0.39 is 12.3 Å². The number of alkyl halides is 1. The summed E-state index contributed by atoms with van der Waals surface area (Å²) in [5, 5.41) is 13.3. The molecule has 3 saturated heterocycles. The number of nitriles is 1. The van der Waals surface area contributed by atoms with Gasteiger partial charge in [0.1, 0.15) is 29.5 Å². The Morgan fingerprint density at radius 2 is 1.90 bits per heavy atom. The summed E-state index contributed by atoms with van der Waals surface area (Å²) in [5.74, 6) is 0.888. The molecule has 7 rings (SSSR count). The lowest BCUT2D eigenvalue weighted by molar-refractivity contribution is -0.143. The lowest BCUT2D eigenvalue weighted by Gasteiger charge is -2.43. The van der Waals surface area contributed by atoms with E-state index in [1.165, 1.54) is 5.69 Å². The number of anilines is 3. The lowest BCUT2D eigenvalue weighted by Crippen LogP contribution is -2.56. The molecule has 1 aromatic heterocycles. The molecular weight excluding hydrogens is 613 g/mol. The highest BCUT2D eigenvalue weighted by Gasteiger charge is 2.41. The molecule has 0 unspecified atom stereocenters. The van der Waals surface area contributed by atoms with Crippen molar-refractivity contribution < 1.29 is 23.5 Å². The van der Waals surface area contributed by atoms with Crippen LogP contribution >= 0.6 is 0 Å². The summed E-state index contributed by atoms with van der Waals surface area (Å²) >= 11 is 0. The number of likely N-dealkylation sites (tertiary alicyclic amines) is 1. The number of hydrogen-bond donors (Lipinski definition) is 1. The molecule has 1 N–H and O–H groups in total. The Morgan fingerprint density at radius 1 is 1.10 bits per heavy atom. The van der Waals surface area contributed by atoms with Gasteiger partial charge in [0.15, 0.2) is 12.0 Å². The van der Waals surface area contributed by atoms with Gasteiger partial charge in [0.2, 0.25) is 5.91 Å². The predicted octanol–water partition coefficient (Wildman–Crippen LogP) is 4.36. The standard InChI is InChI=1S/C36H40FN7O4/c1-23-16-33(31(37)20-44(23)36(46)25-2-8-30(45)18-25)48-32-9-3-24(17-26(32)19-38)35-39-11-10-34(41-35)40-27-4-6-28(7-5-27)42-12-14-43(15-13-42)29-21-47-22-29/h3-7,9-11,17,23,25,29,31,33H,2,8,12-16,18,20-22H2,1H3,(H,39,40,41)/t23-,25-,31+,33-/m0/s1. The van der Waals surface area contributed by atoms with E-state index in [4.69, 9.17) is 9.47 Å². The van der Waals surface area contributed by atoms with Crippen molar-refractivity contribution in [1.82, 2.24) is 19.8 Å². The third-order valence-electron chi connectivity index (χ3n) is 10.0. The van der Waals surface area contributed by atoms with Crippen LogP contribution in [-0.2, 0) is 14.3 Å². The number of piperidine rings is 1. The molecule has 0 radical (unpaired) electrons. The molecule has 0 spiro atoms. The lowest BCUT2D eigenvalue weighted by atomic mass is 9.96. The van der Waals surface area contributed by atoms with Crippen LogP contribution in [0, 0.1) is 17.2 Å². The Labute approximate surface area is 279 Å². The number of ketones is 1. The molecule has 11 nitrogen and oxygen atoms in total. The fourth-order valence-corrected chi connectivity index (χ4v) is 7.06. The van der Waals surface area contributed by atoms with E-state index in [0.717, 1.165) is 45.1 Å². The molecule has 2 aromatic carbocycles.